The molecule has 0 saturated carbocycles. The Bertz CT molecular complexity index is 2270. The van der Waals surface area contributed by atoms with Gasteiger partial charge in [-0.25, -0.2) is 0 Å². The van der Waals surface area contributed by atoms with Gasteiger partial charge in [0.2, 0.25) is 0 Å². The molecular weight excluding hydrogens is 781 g/mol. The molecule has 245 valence electrons. The van der Waals surface area contributed by atoms with Crippen molar-refractivity contribution in [1.29, 1.82) is 0 Å². The summed E-state index contributed by atoms with van der Waals surface area (Å²) in [5.74, 6) is 0. The Balaban J connectivity index is 0.000000223. The maximum absolute atomic E-state index is 8.64. The Kier molecular flexibility index (Phi) is 8.73. The van der Waals surface area contributed by atoms with E-state index in [1.807, 2.05) is 69.4 Å². The number of furan rings is 1. The molecule has 3 aromatic heterocycles. The molecule has 48 heavy (non-hydrogen) atoms. The molecule has 0 amide bonds. The minimum atomic E-state index is -2.08. The van der Waals surface area contributed by atoms with Crippen molar-refractivity contribution < 1.29 is 31.4 Å². The van der Waals surface area contributed by atoms with E-state index in [4.69, 9.17) is 11.3 Å². The van der Waals surface area contributed by atoms with Crippen molar-refractivity contribution in [2.75, 3.05) is 0 Å². The molecule has 7 rings (SSSR count). The predicted octanol–water partition coefficient (Wildman–Crippen LogP) is 11.1. The van der Waals surface area contributed by atoms with Gasteiger partial charge in [-0.3, -0.25) is 0 Å². The summed E-state index contributed by atoms with van der Waals surface area (Å²) in [7, 11) is -1.34. The molecule has 0 fully saturated rings. The van der Waals surface area contributed by atoms with Crippen LogP contribution in [0.25, 0.3) is 55.6 Å². The van der Waals surface area contributed by atoms with Crippen molar-refractivity contribution in [3.05, 3.63) is 139 Å². The fraction of sp³-hybridized carbons (Fsp3) is 0.209. The van der Waals surface area contributed by atoms with Crippen LogP contribution in [0.1, 0.15) is 38.8 Å². The summed E-state index contributed by atoms with van der Waals surface area (Å²) in [5, 5.41) is 3.34. The first-order valence-electron chi connectivity index (χ1n) is 18.3. The van der Waals surface area contributed by atoms with Crippen LogP contribution in [0.2, 0.25) is 19.6 Å². The molecule has 4 aromatic carbocycles. The number of benzene rings is 4. The zero-order valence-corrected chi connectivity index (χ0v) is 31.5. The van der Waals surface area contributed by atoms with Crippen LogP contribution in [0, 0.1) is 24.4 Å². The molecular formula is C43H42IrN2OSi-2. The zero-order valence-electron chi connectivity index (χ0n) is 33.1. The molecule has 0 bridgehead atoms. The predicted molar refractivity (Wildman–Crippen MR) is 201 cm³/mol. The first kappa shape index (κ1) is 28.8. The Labute approximate surface area is 306 Å². The molecule has 5 heteroatoms. The van der Waals surface area contributed by atoms with Gasteiger partial charge >= 0.3 is 0 Å². The molecule has 0 unspecified atom stereocenters. The van der Waals surface area contributed by atoms with Crippen molar-refractivity contribution in [2.24, 2.45) is 5.41 Å². The minimum Gasteiger partial charge on any atom is -0.501 e. The van der Waals surface area contributed by atoms with Crippen molar-refractivity contribution in [3.8, 4) is 33.6 Å². The van der Waals surface area contributed by atoms with E-state index in [0.29, 0.717) is 22.4 Å². The minimum absolute atomic E-state index is 0. The molecule has 7 aromatic rings. The third kappa shape index (κ3) is 8.28. The fourth-order valence-corrected chi connectivity index (χ4v) is 6.44. The monoisotopic (exact) mass is 828 g/mol. The standard InChI is InChI=1S/C28H24NO.C15H18NSi.Ir/c1-28(2,3)18-19-14-15-29-25(16-19)24-11-7-10-23-22-13-12-21(17-26(22)30-27(23)24)20-8-5-4-6-9-20;1-12-5-7-13(8-6-12)15-10-9-14(11-16-15)17(2,3)4;/h4-10,12-17H,18H2,1-3H3;5-7,9-11H,1-4H3;/q2*-1;/i18D2;1D3;. The number of aromatic nitrogens is 2. The maximum Gasteiger partial charge on any atom is 0.121 e. The molecule has 3 nitrogen and oxygen atoms in total. The van der Waals surface area contributed by atoms with E-state index in [2.05, 4.69) is 78.1 Å². The average Bonchev–Trinajstić information content (AvgIpc) is 3.49. The van der Waals surface area contributed by atoms with Crippen LogP contribution in [0.4, 0.5) is 0 Å². The van der Waals surface area contributed by atoms with Gasteiger partial charge in [-0.15, -0.1) is 53.6 Å². The quantitative estimate of drug-likeness (QED) is 0.128. The smallest absolute Gasteiger partial charge is 0.121 e. The summed E-state index contributed by atoms with van der Waals surface area (Å²) in [6.07, 6.45) is 2.08. The van der Waals surface area contributed by atoms with Crippen LogP contribution in [0.3, 0.4) is 0 Å². The zero-order chi connectivity index (χ0) is 37.5. The molecule has 3 heterocycles. The first-order valence-corrected chi connectivity index (χ1v) is 19.3. The molecule has 0 N–H and O–H groups in total. The van der Waals surface area contributed by atoms with Gasteiger partial charge in [0.25, 0.3) is 0 Å². The molecule has 0 aliphatic carbocycles. The second-order valence-corrected chi connectivity index (χ2v) is 18.8. The van der Waals surface area contributed by atoms with E-state index >= 15 is 0 Å². The average molecular weight is 828 g/mol. The molecule has 0 spiro atoms. The van der Waals surface area contributed by atoms with E-state index in [9.17, 15) is 0 Å². The number of pyridine rings is 2. The van der Waals surface area contributed by atoms with Crippen LogP contribution in [0.5, 0.6) is 0 Å². The van der Waals surface area contributed by atoms with Crippen LogP contribution >= 0.6 is 0 Å². The van der Waals surface area contributed by atoms with Gasteiger partial charge in [0.05, 0.1) is 13.7 Å². The summed E-state index contributed by atoms with van der Waals surface area (Å²) < 4.78 is 45.6. The van der Waals surface area contributed by atoms with Gasteiger partial charge in [-0.05, 0) is 51.6 Å². The largest absolute Gasteiger partial charge is 0.501 e. The SMILES string of the molecule is [2H]C([2H])([2H])c1c[c-]c(-c2ccc([Si](C)(C)C)cn2)cc1.[2H]C([2H])(c1ccnc(-c2[c-]ccc3c2oc2cc(-c4ccccc4)ccc23)c1)C(C)(C)C.[Ir]. The molecule has 0 saturated heterocycles. The number of hydrogen-bond donors (Lipinski definition) is 0. The second kappa shape index (κ2) is 14.5. The third-order valence-corrected chi connectivity index (χ3v) is 9.82. The number of aryl methyl sites for hydroxylation is 1. The van der Waals surface area contributed by atoms with Gasteiger partial charge in [-0.2, -0.15) is 0 Å². The Hall–Kier alpha value is -4.15. The van der Waals surface area contributed by atoms with Gasteiger partial charge < -0.3 is 14.4 Å². The van der Waals surface area contributed by atoms with Crippen LogP contribution in [0.15, 0.2) is 120 Å². The van der Waals surface area contributed by atoms with Crippen LogP contribution < -0.4 is 5.19 Å². The Morgan fingerprint density at radius 1 is 0.812 bits per heavy atom. The van der Waals surface area contributed by atoms with Gasteiger partial charge in [0, 0.05) is 44.7 Å². The van der Waals surface area contributed by atoms with E-state index in [-0.39, 0.29) is 20.1 Å². The van der Waals surface area contributed by atoms with Crippen molar-refractivity contribution in [1.82, 2.24) is 9.97 Å². The van der Waals surface area contributed by atoms with E-state index in [0.717, 1.165) is 44.3 Å². The van der Waals surface area contributed by atoms with Crippen molar-refractivity contribution in [2.45, 2.75) is 53.6 Å². The van der Waals surface area contributed by atoms with Crippen LogP contribution in [-0.2, 0) is 26.5 Å². The first-order chi connectivity index (χ1) is 24.4. The van der Waals surface area contributed by atoms with E-state index < -0.39 is 26.7 Å². The fourth-order valence-electron chi connectivity index (χ4n) is 5.40. The number of fused-ring (bicyclic) bond motifs is 3. The number of nitrogens with zero attached hydrogens (tertiary/aromatic N) is 2. The summed E-state index contributed by atoms with van der Waals surface area (Å²) in [4.78, 5) is 9.00. The molecule has 0 aliphatic heterocycles. The molecule has 0 atom stereocenters. The van der Waals surface area contributed by atoms with Gasteiger partial charge in [0.15, 0.2) is 0 Å². The topological polar surface area (TPSA) is 38.9 Å². The maximum atomic E-state index is 8.64. The Morgan fingerprint density at radius 3 is 2.29 bits per heavy atom. The van der Waals surface area contributed by atoms with E-state index in [1.54, 1.807) is 24.4 Å². The summed E-state index contributed by atoms with van der Waals surface area (Å²) >= 11 is 0. The van der Waals surface area contributed by atoms with Gasteiger partial charge in [-0.1, -0.05) is 124 Å². The van der Waals surface area contributed by atoms with Crippen molar-refractivity contribution in [3.63, 3.8) is 0 Å². The second-order valence-electron chi connectivity index (χ2n) is 13.8. The van der Waals surface area contributed by atoms with Crippen LogP contribution in [-0.4, -0.2) is 18.0 Å². The summed E-state index contributed by atoms with van der Waals surface area (Å²) in [6, 6.07) is 39.2. The van der Waals surface area contributed by atoms with Crippen molar-refractivity contribution >= 4 is 35.2 Å². The summed E-state index contributed by atoms with van der Waals surface area (Å²) in [5.41, 5.74) is 7.16. The Morgan fingerprint density at radius 2 is 1.62 bits per heavy atom. The number of hydrogen-bond acceptors (Lipinski definition) is 3. The molecule has 1 radical (unpaired) electrons. The normalized spacial score (nSPS) is 13.7. The third-order valence-electron chi connectivity index (χ3n) is 7.79. The van der Waals surface area contributed by atoms with E-state index in [1.165, 1.54) is 11.3 Å². The summed E-state index contributed by atoms with van der Waals surface area (Å²) in [6.45, 7) is 10.5. The van der Waals surface area contributed by atoms with Gasteiger partial charge in [0.1, 0.15) is 5.58 Å². The molecule has 0 aliphatic rings. The number of rotatable bonds is 5.